The number of carbonyl (C=O) groups is 5. The summed E-state index contributed by atoms with van der Waals surface area (Å²) in [5, 5.41) is 22.7. The first-order valence-electron chi connectivity index (χ1n) is 18.7. The Morgan fingerprint density at radius 3 is 2.22 bits per heavy atom. The van der Waals surface area contributed by atoms with E-state index in [-0.39, 0.29) is 35.4 Å². The van der Waals surface area contributed by atoms with Gasteiger partial charge in [-0.3, -0.25) is 29.0 Å². The maximum atomic E-state index is 14.6. The van der Waals surface area contributed by atoms with Crippen molar-refractivity contribution in [3.05, 3.63) is 24.3 Å². The number of aliphatic hydroxyl groups excluding tert-OH is 1. The van der Waals surface area contributed by atoms with Crippen LogP contribution in [0.3, 0.4) is 0 Å². The Morgan fingerprint density at radius 2 is 1.64 bits per heavy atom. The third kappa shape index (κ3) is 10.2. The van der Waals surface area contributed by atoms with E-state index in [1.165, 1.54) is 18.6 Å². The van der Waals surface area contributed by atoms with Crippen LogP contribution in [0.2, 0.25) is 0 Å². The summed E-state index contributed by atoms with van der Waals surface area (Å²) in [7, 11) is 0. The van der Waals surface area contributed by atoms with Crippen LogP contribution in [0.5, 0.6) is 0 Å². The smallest absolute Gasteiger partial charge is 0.272 e. The van der Waals surface area contributed by atoms with E-state index < -0.39 is 59.3 Å². The quantitative estimate of drug-likeness (QED) is 0.185. The number of nitrogens with one attached hydrogen (secondary N) is 4. The van der Waals surface area contributed by atoms with E-state index in [0.717, 1.165) is 51.4 Å². The van der Waals surface area contributed by atoms with Gasteiger partial charge in [-0.15, -0.1) is 0 Å². The van der Waals surface area contributed by atoms with Crippen molar-refractivity contribution in [2.75, 3.05) is 6.54 Å². The number of hydrogen-bond donors (Lipinski definition) is 5. The van der Waals surface area contributed by atoms with Gasteiger partial charge in [-0.05, 0) is 61.7 Å². The molecule has 0 radical (unpaired) electrons. The maximum Gasteiger partial charge on any atom is 0.272 e. The van der Waals surface area contributed by atoms with Crippen LogP contribution >= 0.6 is 0 Å². The van der Waals surface area contributed by atoms with Gasteiger partial charge in [0.25, 0.3) is 11.8 Å². The van der Waals surface area contributed by atoms with Crippen LogP contribution in [-0.4, -0.2) is 92.4 Å². The summed E-state index contributed by atoms with van der Waals surface area (Å²) in [5.41, 5.74) is -0.640. The molecule has 1 aromatic rings. The number of likely N-dealkylation sites (tertiary alicyclic amines) is 1. The molecule has 5 N–H and O–H groups in total. The molecule has 0 spiro atoms. The Labute approximate surface area is 296 Å². The maximum absolute atomic E-state index is 14.6. The van der Waals surface area contributed by atoms with Crippen molar-refractivity contribution < 1.29 is 29.1 Å². The fourth-order valence-electron chi connectivity index (χ4n) is 7.34. The van der Waals surface area contributed by atoms with Crippen molar-refractivity contribution in [3.63, 3.8) is 0 Å². The lowest BCUT2D eigenvalue weighted by atomic mass is 9.82. The van der Waals surface area contributed by atoms with Gasteiger partial charge in [0.2, 0.25) is 17.7 Å². The molecule has 0 aromatic carbocycles. The second-order valence-electron chi connectivity index (χ2n) is 15.9. The topological polar surface area (TPSA) is 183 Å². The molecule has 1 aliphatic heterocycles. The Balaban J connectivity index is 1.56. The van der Waals surface area contributed by atoms with Crippen molar-refractivity contribution in [2.24, 2.45) is 23.2 Å². The lowest BCUT2D eigenvalue weighted by Gasteiger charge is -2.38. The monoisotopic (exact) mass is 697 g/mol. The summed E-state index contributed by atoms with van der Waals surface area (Å²) in [4.78, 5) is 78.6. The molecule has 50 heavy (non-hydrogen) atoms. The van der Waals surface area contributed by atoms with Gasteiger partial charge in [0, 0.05) is 25.0 Å². The van der Waals surface area contributed by atoms with E-state index >= 15 is 0 Å². The number of aromatic nitrogens is 2. The van der Waals surface area contributed by atoms with Gasteiger partial charge in [0.15, 0.2) is 6.10 Å². The predicted octanol–water partition coefficient (Wildman–Crippen LogP) is 2.87. The van der Waals surface area contributed by atoms with Crippen molar-refractivity contribution in [1.29, 1.82) is 0 Å². The molecule has 1 saturated heterocycles. The molecule has 2 unspecified atom stereocenters. The highest BCUT2D eigenvalue weighted by atomic mass is 16.3. The third-order valence-electron chi connectivity index (χ3n) is 10.5. The summed E-state index contributed by atoms with van der Waals surface area (Å²) < 4.78 is 0. The summed E-state index contributed by atoms with van der Waals surface area (Å²) in [6.07, 6.45) is 11.6. The lowest BCUT2D eigenvalue weighted by molar-refractivity contribution is -0.146. The fraction of sp³-hybridized carbons (Fsp3) is 0.757. The molecule has 13 heteroatoms. The zero-order valence-corrected chi connectivity index (χ0v) is 30.7. The van der Waals surface area contributed by atoms with Crippen LogP contribution in [0.25, 0.3) is 0 Å². The molecule has 4 rings (SSSR count). The molecule has 278 valence electrons. The van der Waals surface area contributed by atoms with E-state index in [9.17, 15) is 29.1 Å². The fourth-order valence-corrected chi connectivity index (χ4v) is 7.34. The number of amides is 5. The Bertz CT molecular complexity index is 1330. The van der Waals surface area contributed by atoms with E-state index in [4.69, 9.17) is 0 Å². The minimum Gasteiger partial charge on any atom is -0.381 e. The normalized spacial score (nSPS) is 22.3. The van der Waals surface area contributed by atoms with Gasteiger partial charge in [-0.1, -0.05) is 73.6 Å². The largest absolute Gasteiger partial charge is 0.381 e. The molecule has 3 aliphatic rings. The molecule has 2 saturated carbocycles. The zero-order chi connectivity index (χ0) is 36.6. The summed E-state index contributed by atoms with van der Waals surface area (Å²) >= 11 is 0. The predicted molar refractivity (Wildman–Crippen MR) is 188 cm³/mol. The minimum absolute atomic E-state index is 0.0652. The van der Waals surface area contributed by atoms with E-state index in [0.29, 0.717) is 25.8 Å². The minimum atomic E-state index is -1.41. The molecular weight excluding hydrogens is 638 g/mol. The molecule has 2 aliphatic carbocycles. The van der Waals surface area contributed by atoms with Crippen LogP contribution in [0.1, 0.15) is 123 Å². The molecule has 13 nitrogen and oxygen atoms in total. The van der Waals surface area contributed by atoms with Gasteiger partial charge in [-0.25, -0.2) is 4.98 Å². The summed E-state index contributed by atoms with van der Waals surface area (Å²) in [6, 6.07) is -3.47. The van der Waals surface area contributed by atoms with Gasteiger partial charge in [-0.2, -0.15) is 0 Å². The highest BCUT2D eigenvalue weighted by Crippen LogP contribution is 2.34. The first kappa shape index (κ1) is 39.2. The standard InChI is InChI=1S/C37H59N7O6/c1-7-8-14-26(30(45)35(49)40-24-15-16-24)41-34(48)29-25(22(2)3)17-20-44(29)36(50)31(37(4,5)6)43-33(47)28(23-12-10-9-11-13-23)42-32(46)27-21-38-18-19-39-27/h18-19,21-26,28-31,45H,7-17,20H2,1-6H3,(H,40,49)(H,41,48)(H,42,46)(H,43,47)/t25-,26?,28+,29+,30?,31-/m1/s1. The lowest BCUT2D eigenvalue weighted by Crippen LogP contribution is -2.62. The average molecular weight is 698 g/mol. The number of carbonyl (C=O) groups excluding carboxylic acids is 5. The average Bonchev–Trinajstić information content (AvgIpc) is 3.79. The third-order valence-corrected chi connectivity index (χ3v) is 10.5. The highest BCUT2D eigenvalue weighted by molar-refractivity contribution is 5.98. The molecule has 5 amide bonds. The molecule has 1 aromatic heterocycles. The van der Waals surface area contributed by atoms with Crippen LogP contribution < -0.4 is 21.3 Å². The number of unbranched alkanes of at least 4 members (excludes halogenated alkanes) is 1. The molecule has 3 fully saturated rings. The van der Waals surface area contributed by atoms with Gasteiger partial charge >= 0.3 is 0 Å². The van der Waals surface area contributed by atoms with Crippen LogP contribution in [0.15, 0.2) is 18.6 Å². The van der Waals surface area contributed by atoms with Crippen LogP contribution in [0, 0.1) is 23.2 Å². The molecule has 6 atom stereocenters. The molecule has 2 heterocycles. The summed E-state index contributed by atoms with van der Waals surface area (Å²) in [5.74, 6) is -2.46. The number of hydrogen-bond acceptors (Lipinski definition) is 8. The zero-order valence-electron chi connectivity index (χ0n) is 30.7. The van der Waals surface area contributed by atoms with Gasteiger partial charge < -0.3 is 31.3 Å². The SMILES string of the molecule is CCCCC(NC(=O)[C@@H]1[C@@H](C(C)C)CCN1C(=O)[C@@H](NC(=O)[C@@H](NC(=O)c1cnccn1)C1CCCCC1)C(C)(C)C)C(O)C(=O)NC1CC1. The number of nitrogens with zero attached hydrogens (tertiary/aromatic N) is 3. The van der Waals surface area contributed by atoms with Crippen molar-refractivity contribution >= 4 is 29.5 Å². The van der Waals surface area contributed by atoms with Crippen LogP contribution in [-0.2, 0) is 19.2 Å². The second kappa shape index (κ2) is 17.5. The first-order chi connectivity index (χ1) is 23.7. The first-order valence-corrected chi connectivity index (χ1v) is 18.7. The van der Waals surface area contributed by atoms with E-state index in [2.05, 4.69) is 31.2 Å². The number of rotatable bonds is 15. The molecule has 0 bridgehead atoms. The van der Waals surface area contributed by atoms with Crippen molar-refractivity contribution in [3.8, 4) is 0 Å². The highest BCUT2D eigenvalue weighted by Gasteiger charge is 2.48. The Morgan fingerprint density at radius 1 is 0.940 bits per heavy atom. The Kier molecular flexibility index (Phi) is 13.8. The van der Waals surface area contributed by atoms with Gasteiger partial charge in [0.1, 0.15) is 23.8 Å². The van der Waals surface area contributed by atoms with E-state index in [1.54, 1.807) is 4.90 Å². The van der Waals surface area contributed by atoms with Gasteiger partial charge in [0.05, 0.1) is 12.2 Å². The van der Waals surface area contributed by atoms with Crippen molar-refractivity contribution in [1.82, 2.24) is 36.1 Å². The molecular formula is C37H59N7O6. The van der Waals surface area contributed by atoms with Crippen LogP contribution in [0.4, 0.5) is 0 Å². The summed E-state index contributed by atoms with van der Waals surface area (Å²) in [6.45, 7) is 12.0. The van der Waals surface area contributed by atoms with Crippen molar-refractivity contribution in [2.45, 2.75) is 148 Å². The number of aliphatic hydroxyl groups is 1. The Hall–Kier alpha value is -3.61. The second-order valence-corrected chi connectivity index (χ2v) is 15.9. The van der Waals surface area contributed by atoms with E-state index in [1.807, 2.05) is 41.5 Å².